The molecule has 2 aromatic rings. The van der Waals surface area contributed by atoms with Gasteiger partial charge in [0, 0.05) is 22.3 Å². The fourth-order valence-electron chi connectivity index (χ4n) is 1.99. The first kappa shape index (κ1) is 14.8. The molecular weight excluding hydrogens is 270 g/mol. The first-order valence-electron chi connectivity index (χ1n) is 6.64. The fourth-order valence-corrected chi connectivity index (χ4v) is 2.95. The summed E-state index contributed by atoms with van der Waals surface area (Å²) < 4.78 is 0. The number of nitrogens with one attached hydrogen (secondary N) is 1. The van der Waals surface area contributed by atoms with E-state index in [1.165, 1.54) is 16.0 Å². The van der Waals surface area contributed by atoms with Gasteiger partial charge in [0.15, 0.2) is 0 Å². The van der Waals surface area contributed by atoms with E-state index in [-0.39, 0.29) is 12.5 Å². The highest BCUT2D eigenvalue weighted by molar-refractivity contribution is 7.12. The van der Waals surface area contributed by atoms with Crippen LogP contribution in [0.1, 0.15) is 33.8 Å². The zero-order valence-corrected chi connectivity index (χ0v) is 12.5. The topological polar surface area (TPSA) is 49.3 Å². The number of carboxylic acid groups (broad SMARTS) is 1. The molecule has 1 unspecified atom stereocenters. The van der Waals surface area contributed by atoms with Crippen molar-refractivity contribution in [2.45, 2.75) is 32.9 Å². The molecule has 1 heterocycles. The van der Waals surface area contributed by atoms with Crippen LogP contribution in [0, 0.1) is 6.92 Å². The van der Waals surface area contributed by atoms with E-state index in [1.807, 2.05) is 12.1 Å². The number of aliphatic carboxylic acids is 1. The van der Waals surface area contributed by atoms with Crippen LogP contribution in [0.2, 0.25) is 0 Å². The van der Waals surface area contributed by atoms with Crippen molar-refractivity contribution in [2.24, 2.45) is 0 Å². The standard InChI is InChI=1S/C16H19NO2S/c1-11-3-5-13(6-4-11)12(2)17-10-15-8-7-14(20-15)9-16(18)19/h3-8,12,17H,9-10H2,1-2H3,(H,18,19). The molecule has 1 atom stereocenters. The summed E-state index contributed by atoms with van der Waals surface area (Å²) in [4.78, 5) is 12.7. The third-order valence-electron chi connectivity index (χ3n) is 3.20. The van der Waals surface area contributed by atoms with E-state index in [2.05, 4.69) is 43.4 Å². The molecule has 106 valence electrons. The number of hydrogen-bond donors (Lipinski definition) is 2. The van der Waals surface area contributed by atoms with E-state index >= 15 is 0 Å². The number of thiophene rings is 1. The number of aryl methyl sites for hydroxylation is 1. The molecule has 1 aromatic carbocycles. The van der Waals surface area contributed by atoms with Gasteiger partial charge in [0.1, 0.15) is 0 Å². The molecule has 2 N–H and O–H groups in total. The van der Waals surface area contributed by atoms with Crippen molar-refractivity contribution in [3.63, 3.8) is 0 Å². The van der Waals surface area contributed by atoms with Crippen LogP contribution in [0.15, 0.2) is 36.4 Å². The maximum absolute atomic E-state index is 10.6. The van der Waals surface area contributed by atoms with E-state index in [0.717, 1.165) is 11.4 Å². The predicted molar refractivity (Wildman–Crippen MR) is 82.1 cm³/mol. The molecule has 0 saturated carbocycles. The second-order valence-electron chi connectivity index (χ2n) is 4.95. The van der Waals surface area contributed by atoms with Crippen molar-refractivity contribution in [1.82, 2.24) is 5.32 Å². The van der Waals surface area contributed by atoms with Gasteiger partial charge < -0.3 is 10.4 Å². The molecular formula is C16H19NO2S. The van der Waals surface area contributed by atoms with Crippen molar-refractivity contribution in [2.75, 3.05) is 0 Å². The highest BCUT2D eigenvalue weighted by atomic mass is 32.1. The maximum Gasteiger partial charge on any atom is 0.308 e. The third kappa shape index (κ3) is 4.18. The Balaban J connectivity index is 1.89. The molecule has 4 heteroatoms. The molecule has 3 nitrogen and oxygen atoms in total. The van der Waals surface area contributed by atoms with Gasteiger partial charge in [-0.15, -0.1) is 11.3 Å². The van der Waals surface area contributed by atoms with E-state index in [4.69, 9.17) is 5.11 Å². The Hall–Kier alpha value is -1.65. The van der Waals surface area contributed by atoms with Crippen molar-refractivity contribution < 1.29 is 9.90 Å². The lowest BCUT2D eigenvalue weighted by molar-refractivity contribution is -0.136. The van der Waals surface area contributed by atoms with Crippen LogP contribution in [-0.2, 0) is 17.8 Å². The minimum Gasteiger partial charge on any atom is -0.481 e. The van der Waals surface area contributed by atoms with Gasteiger partial charge in [0.2, 0.25) is 0 Å². The predicted octanol–water partition coefficient (Wildman–Crippen LogP) is 3.53. The molecule has 0 radical (unpaired) electrons. The highest BCUT2D eigenvalue weighted by Gasteiger charge is 2.07. The van der Waals surface area contributed by atoms with Gasteiger partial charge in [-0.05, 0) is 31.5 Å². The molecule has 1 aromatic heterocycles. The van der Waals surface area contributed by atoms with Crippen LogP contribution in [0.25, 0.3) is 0 Å². The minimum atomic E-state index is -0.778. The van der Waals surface area contributed by atoms with Gasteiger partial charge in [-0.1, -0.05) is 29.8 Å². The Kier molecular flexibility index (Phi) is 4.93. The summed E-state index contributed by atoms with van der Waals surface area (Å²) in [5.41, 5.74) is 2.52. The Morgan fingerprint density at radius 3 is 2.50 bits per heavy atom. The summed E-state index contributed by atoms with van der Waals surface area (Å²) in [6.07, 6.45) is 0.109. The summed E-state index contributed by atoms with van der Waals surface area (Å²) in [5, 5.41) is 12.2. The van der Waals surface area contributed by atoms with E-state index < -0.39 is 5.97 Å². The summed E-state index contributed by atoms with van der Waals surface area (Å²) in [7, 11) is 0. The number of carboxylic acids is 1. The van der Waals surface area contributed by atoms with Gasteiger partial charge in [0.05, 0.1) is 6.42 Å². The van der Waals surface area contributed by atoms with Gasteiger partial charge >= 0.3 is 5.97 Å². The smallest absolute Gasteiger partial charge is 0.308 e. The maximum atomic E-state index is 10.6. The van der Waals surface area contributed by atoms with Crippen molar-refractivity contribution in [3.05, 3.63) is 57.3 Å². The molecule has 0 aliphatic heterocycles. The third-order valence-corrected chi connectivity index (χ3v) is 4.29. The van der Waals surface area contributed by atoms with E-state index in [9.17, 15) is 4.79 Å². The van der Waals surface area contributed by atoms with Crippen molar-refractivity contribution in [3.8, 4) is 0 Å². The first-order valence-corrected chi connectivity index (χ1v) is 7.45. The zero-order chi connectivity index (χ0) is 14.5. The van der Waals surface area contributed by atoms with Gasteiger partial charge in [-0.2, -0.15) is 0 Å². The van der Waals surface area contributed by atoms with Crippen LogP contribution in [0.3, 0.4) is 0 Å². The Bertz CT molecular complexity index is 574. The summed E-state index contributed by atoms with van der Waals surface area (Å²) in [6, 6.07) is 12.7. The van der Waals surface area contributed by atoms with Crippen LogP contribution >= 0.6 is 11.3 Å². The minimum absolute atomic E-state index is 0.109. The second-order valence-corrected chi connectivity index (χ2v) is 6.20. The largest absolute Gasteiger partial charge is 0.481 e. The molecule has 0 amide bonds. The zero-order valence-electron chi connectivity index (χ0n) is 11.7. The molecule has 0 bridgehead atoms. The summed E-state index contributed by atoms with van der Waals surface area (Å²) in [6.45, 7) is 4.98. The number of rotatable bonds is 6. The van der Waals surface area contributed by atoms with Crippen LogP contribution in [0.5, 0.6) is 0 Å². The molecule has 0 aliphatic rings. The lowest BCUT2D eigenvalue weighted by atomic mass is 10.1. The molecule has 0 saturated heterocycles. The molecule has 0 aliphatic carbocycles. The van der Waals surface area contributed by atoms with E-state index in [0.29, 0.717) is 0 Å². The monoisotopic (exact) mass is 289 g/mol. The summed E-state index contributed by atoms with van der Waals surface area (Å²) in [5.74, 6) is -0.778. The molecule has 2 rings (SSSR count). The van der Waals surface area contributed by atoms with Gasteiger partial charge in [-0.25, -0.2) is 0 Å². The average Bonchev–Trinajstić information content (AvgIpc) is 2.83. The molecule has 0 spiro atoms. The van der Waals surface area contributed by atoms with Crippen LogP contribution < -0.4 is 5.32 Å². The normalized spacial score (nSPS) is 12.3. The first-order chi connectivity index (χ1) is 9.54. The molecule has 0 fully saturated rings. The number of benzene rings is 1. The van der Waals surface area contributed by atoms with Crippen LogP contribution in [-0.4, -0.2) is 11.1 Å². The lowest BCUT2D eigenvalue weighted by Gasteiger charge is -2.13. The molecule has 20 heavy (non-hydrogen) atoms. The van der Waals surface area contributed by atoms with Crippen molar-refractivity contribution >= 4 is 17.3 Å². The number of carbonyl (C=O) groups is 1. The highest BCUT2D eigenvalue weighted by Crippen LogP contribution is 2.19. The Labute approximate surface area is 123 Å². The average molecular weight is 289 g/mol. The van der Waals surface area contributed by atoms with Gasteiger partial charge in [-0.3, -0.25) is 4.79 Å². The van der Waals surface area contributed by atoms with Gasteiger partial charge in [0.25, 0.3) is 0 Å². The Morgan fingerprint density at radius 1 is 1.20 bits per heavy atom. The lowest BCUT2D eigenvalue weighted by Crippen LogP contribution is -2.17. The van der Waals surface area contributed by atoms with Crippen molar-refractivity contribution in [1.29, 1.82) is 0 Å². The van der Waals surface area contributed by atoms with Crippen LogP contribution in [0.4, 0.5) is 0 Å². The second kappa shape index (κ2) is 6.68. The summed E-state index contributed by atoms with van der Waals surface area (Å²) >= 11 is 1.56. The number of hydrogen-bond acceptors (Lipinski definition) is 3. The Morgan fingerprint density at radius 2 is 1.85 bits per heavy atom. The quantitative estimate of drug-likeness (QED) is 0.855. The fraction of sp³-hybridized carbons (Fsp3) is 0.312. The SMILES string of the molecule is Cc1ccc(C(C)NCc2ccc(CC(=O)O)s2)cc1. The van der Waals surface area contributed by atoms with E-state index in [1.54, 1.807) is 11.3 Å².